The molecular weight excluding hydrogens is 418 g/mol. The second kappa shape index (κ2) is 7.95. The van der Waals surface area contributed by atoms with E-state index in [1.807, 2.05) is 30.5 Å². The van der Waals surface area contributed by atoms with Gasteiger partial charge in [0.2, 0.25) is 5.96 Å². The maximum atomic E-state index is 12.7. The normalized spacial score (nSPS) is 23.7. The second-order valence-corrected chi connectivity index (χ2v) is 8.98. The lowest BCUT2D eigenvalue weighted by Gasteiger charge is -2.21. The lowest BCUT2D eigenvalue weighted by Crippen LogP contribution is -2.48. The highest BCUT2D eigenvalue weighted by atomic mass is 16.1. The van der Waals surface area contributed by atoms with Gasteiger partial charge in [0.05, 0.1) is 29.1 Å². The first kappa shape index (κ1) is 19.8. The van der Waals surface area contributed by atoms with Crippen molar-refractivity contribution in [2.45, 2.75) is 44.2 Å². The molecule has 2 atom stereocenters. The van der Waals surface area contributed by atoms with Crippen molar-refractivity contribution in [1.82, 2.24) is 35.3 Å². The molecule has 170 valence electrons. The van der Waals surface area contributed by atoms with Gasteiger partial charge in [0.1, 0.15) is 5.82 Å². The van der Waals surface area contributed by atoms with E-state index in [2.05, 4.69) is 31.5 Å². The second-order valence-electron chi connectivity index (χ2n) is 8.98. The van der Waals surface area contributed by atoms with Crippen LogP contribution in [0.3, 0.4) is 0 Å². The Balaban J connectivity index is 1.11. The summed E-state index contributed by atoms with van der Waals surface area (Å²) in [5, 5.41) is 6.79. The molecule has 2 saturated carbocycles. The Labute approximate surface area is 190 Å². The minimum Gasteiger partial charge on any atom is -0.367 e. The van der Waals surface area contributed by atoms with Crippen LogP contribution in [0.5, 0.6) is 0 Å². The van der Waals surface area contributed by atoms with Crippen LogP contribution in [0, 0.1) is 5.92 Å². The highest BCUT2D eigenvalue weighted by Gasteiger charge is 2.29. The van der Waals surface area contributed by atoms with Crippen molar-refractivity contribution in [3.63, 3.8) is 0 Å². The predicted octanol–water partition coefficient (Wildman–Crippen LogP) is 1.76. The molecule has 0 unspecified atom stereocenters. The minimum atomic E-state index is -0.137. The summed E-state index contributed by atoms with van der Waals surface area (Å²) < 4.78 is 3.19. The van der Waals surface area contributed by atoms with E-state index in [-0.39, 0.29) is 11.7 Å². The van der Waals surface area contributed by atoms with Crippen LogP contribution in [0.25, 0.3) is 16.9 Å². The highest BCUT2D eigenvalue weighted by Crippen LogP contribution is 2.34. The molecule has 2 aliphatic carbocycles. The van der Waals surface area contributed by atoms with E-state index in [1.165, 1.54) is 18.5 Å². The summed E-state index contributed by atoms with van der Waals surface area (Å²) in [4.78, 5) is 26.5. The molecule has 6 rings (SSSR count). The van der Waals surface area contributed by atoms with Crippen molar-refractivity contribution in [2.24, 2.45) is 18.0 Å². The molecule has 0 bridgehead atoms. The van der Waals surface area contributed by atoms with Crippen molar-refractivity contribution in [3.8, 4) is 5.69 Å². The highest BCUT2D eigenvalue weighted by molar-refractivity contribution is 5.81. The summed E-state index contributed by atoms with van der Waals surface area (Å²) in [5.74, 6) is 2.24. The number of pyridine rings is 2. The zero-order valence-corrected chi connectivity index (χ0v) is 18.5. The molecule has 3 aliphatic rings. The van der Waals surface area contributed by atoms with E-state index in [9.17, 15) is 4.79 Å². The number of anilines is 1. The average molecular weight is 446 g/mol. The number of aryl methyl sites for hydroxylation is 1. The third-order valence-electron chi connectivity index (χ3n) is 6.60. The van der Waals surface area contributed by atoms with Crippen LogP contribution < -0.4 is 27.2 Å². The smallest absolute Gasteiger partial charge is 0.334 e. The Hall–Kier alpha value is -3.82. The number of imidazole rings is 1. The summed E-state index contributed by atoms with van der Waals surface area (Å²) in [6, 6.07) is 8.11. The lowest BCUT2D eigenvalue weighted by molar-refractivity contribution is 0.633. The topological polar surface area (TPSA) is 113 Å². The van der Waals surface area contributed by atoms with Crippen LogP contribution in [-0.4, -0.2) is 37.1 Å². The third kappa shape index (κ3) is 3.81. The molecule has 3 aromatic rings. The summed E-state index contributed by atoms with van der Waals surface area (Å²) in [6.07, 6.45) is 11.0. The Morgan fingerprint density at radius 3 is 2.79 bits per heavy atom. The number of rotatable bonds is 5. The van der Waals surface area contributed by atoms with Gasteiger partial charge in [-0.2, -0.15) is 0 Å². The van der Waals surface area contributed by atoms with Gasteiger partial charge in [-0.15, -0.1) is 0 Å². The van der Waals surface area contributed by atoms with Crippen LogP contribution in [-0.2, 0) is 7.05 Å². The number of fused-ring (bicyclic) bond motifs is 1. The molecule has 10 heteroatoms. The largest absolute Gasteiger partial charge is 0.367 e. The SMILES string of the molecule is Cn1c(=O)n(-c2ccc(N[C@H]3CC[C@H](N=C4NC=C(C5CC5)NN4)C3)nc2)c2ncccc21. The van der Waals surface area contributed by atoms with Crippen LogP contribution in [0.2, 0.25) is 0 Å². The molecule has 0 spiro atoms. The van der Waals surface area contributed by atoms with Gasteiger partial charge in [0, 0.05) is 31.4 Å². The summed E-state index contributed by atoms with van der Waals surface area (Å²) in [6.45, 7) is 0. The van der Waals surface area contributed by atoms with E-state index < -0.39 is 0 Å². The Kier molecular flexibility index (Phi) is 4.78. The molecule has 0 aromatic carbocycles. The van der Waals surface area contributed by atoms with Crippen LogP contribution in [0.15, 0.2) is 58.3 Å². The van der Waals surface area contributed by atoms with Crippen molar-refractivity contribution in [1.29, 1.82) is 0 Å². The molecular formula is C23H27N9O. The quantitative estimate of drug-likeness (QED) is 0.473. The lowest BCUT2D eigenvalue weighted by atomic mass is 10.2. The van der Waals surface area contributed by atoms with Gasteiger partial charge in [-0.1, -0.05) is 0 Å². The first-order valence-corrected chi connectivity index (χ1v) is 11.5. The summed E-state index contributed by atoms with van der Waals surface area (Å²) in [7, 11) is 1.75. The van der Waals surface area contributed by atoms with Crippen molar-refractivity contribution >= 4 is 22.9 Å². The van der Waals surface area contributed by atoms with E-state index in [0.717, 1.165) is 36.6 Å². The minimum absolute atomic E-state index is 0.137. The fourth-order valence-corrected chi connectivity index (χ4v) is 4.63. The summed E-state index contributed by atoms with van der Waals surface area (Å²) >= 11 is 0. The van der Waals surface area contributed by atoms with Crippen LogP contribution in [0.1, 0.15) is 32.1 Å². The van der Waals surface area contributed by atoms with Gasteiger partial charge in [-0.3, -0.25) is 9.99 Å². The van der Waals surface area contributed by atoms with Gasteiger partial charge >= 0.3 is 5.69 Å². The molecule has 3 aromatic heterocycles. The van der Waals surface area contributed by atoms with E-state index in [0.29, 0.717) is 23.3 Å². The number of hydrogen-bond donors (Lipinski definition) is 4. The van der Waals surface area contributed by atoms with Crippen molar-refractivity contribution in [3.05, 3.63) is 59.0 Å². The molecule has 2 fully saturated rings. The Bertz CT molecular complexity index is 1300. The van der Waals surface area contributed by atoms with Crippen molar-refractivity contribution in [2.75, 3.05) is 5.32 Å². The van der Waals surface area contributed by atoms with Crippen LogP contribution >= 0.6 is 0 Å². The Morgan fingerprint density at radius 1 is 1.12 bits per heavy atom. The molecule has 0 radical (unpaired) electrons. The van der Waals surface area contributed by atoms with Gasteiger partial charge in [0.15, 0.2) is 5.65 Å². The van der Waals surface area contributed by atoms with Crippen LogP contribution in [0.4, 0.5) is 5.82 Å². The Morgan fingerprint density at radius 2 is 2.03 bits per heavy atom. The third-order valence-corrected chi connectivity index (χ3v) is 6.60. The zero-order valence-electron chi connectivity index (χ0n) is 18.5. The molecule has 4 N–H and O–H groups in total. The molecule has 0 amide bonds. The number of allylic oxidation sites excluding steroid dienone is 1. The molecule has 1 aliphatic heterocycles. The molecule has 4 heterocycles. The van der Waals surface area contributed by atoms with Gasteiger partial charge < -0.3 is 16.1 Å². The number of nitrogens with one attached hydrogen (secondary N) is 4. The van der Waals surface area contributed by atoms with E-state index in [1.54, 1.807) is 28.6 Å². The fraction of sp³-hybridized carbons (Fsp3) is 0.391. The van der Waals surface area contributed by atoms with Crippen molar-refractivity contribution < 1.29 is 0 Å². The molecule has 10 nitrogen and oxygen atoms in total. The monoisotopic (exact) mass is 445 g/mol. The predicted molar refractivity (Wildman–Crippen MR) is 127 cm³/mol. The number of hydrazine groups is 1. The number of hydrogen-bond acceptors (Lipinski definition) is 6. The molecule has 0 saturated heterocycles. The number of aliphatic imine (C=N–C) groups is 1. The number of aromatic nitrogens is 4. The van der Waals surface area contributed by atoms with Gasteiger partial charge in [-0.25, -0.2) is 24.3 Å². The maximum Gasteiger partial charge on any atom is 0.334 e. The first-order valence-electron chi connectivity index (χ1n) is 11.5. The standard InChI is InChI=1S/C23H27N9O/c1-31-19-3-2-10-24-21(19)32(23(31)33)17-8-9-20(25-12-17)27-15-6-7-16(11-15)28-22-26-13-18(29-30-22)14-4-5-14/h2-3,8-10,12-16,29H,4-7,11H2,1H3,(H,25,27)(H2,26,28,30)/t15-,16-/m0/s1. The van der Waals surface area contributed by atoms with E-state index >= 15 is 0 Å². The molecule has 33 heavy (non-hydrogen) atoms. The average Bonchev–Trinajstić information content (AvgIpc) is 3.55. The van der Waals surface area contributed by atoms with Gasteiger partial charge in [-0.05, 0) is 56.4 Å². The fourth-order valence-electron chi connectivity index (χ4n) is 4.63. The van der Waals surface area contributed by atoms with E-state index in [4.69, 9.17) is 4.99 Å². The number of guanidine groups is 1. The first-order chi connectivity index (χ1) is 16.2. The number of nitrogens with zero attached hydrogens (tertiary/aromatic N) is 5. The maximum absolute atomic E-state index is 12.7. The zero-order chi connectivity index (χ0) is 22.4. The van der Waals surface area contributed by atoms with Gasteiger partial charge in [0.25, 0.3) is 0 Å². The summed E-state index contributed by atoms with van der Waals surface area (Å²) in [5.41, 5.74) is 9.63.